The maximum absolute atomic E-state index is 14.6. The molecule has 5 aliphatic carbocycles. The lowest BCUT2D eigenvalue weighted by Gasteiger charge is -2.69. The molecular weight excluding hydrogens is 546 g/mol. The molecule has 4 fully saturated rings. The van der Waals surface area contributed by atoms with E-state index in [2.05, 4.69) is 40.7 Å². The van der Waals surface area contributed by atoms with E-state index in [0.29, 0.717) is 6.42 Å². The van der Waals surface area contributed by atoms with Crippen molar-refractivity contribution >= 4 is 17.5 Å². The van der Waals surface area contributed by atoms with Crippen LogP contribution in [-0.4, -0.2) is 41.4 Å². The van der Waals surface area contributed by atoms with Crippen molar-refractivity contribution in [3.8, 4) is 6.07 Å². The monoisotopic (exact) mass is 594 g/mol. The maximum atomic E-state index is 14.6. The van der Waals surface area contributed by atoms with Crippen molar-refractivity contribution in [2.75, 3.05) is 13.1 Å². The fourth-order valence-electron chi connectivity index (χ4n) is 11.3. The number of likely N-dealkylation sites (tertiary alicyclic amines) is 1. The van der Waals surface area contributed by atoms with Crippen molar-refractivity contribution < 1.29 is 23.2 Å². The Labute approximate surface area is 255 Å². The zero-order valence-corrected chi connectivity index (χ0v) is 26.8. The van der Waals surface area contributed by atoms with E-state index in [4.69, 9.17) is 0 Å². The lowest BCUT2D eigenvalue weighted by Crippen LogP contribution is -2.64. The topological polar surface area (TPSA) is 78.2 Å². The van der Waals surface area contributed by atoms with Crippen molar-refractivity contribution in [3.63, 3.8) is 0 Å². The number of halogens is 2. The van der Waals surface area contributed by atoms with Crippen LogP contribution in [0, 0.1) is 62.1 Å². The highest BCUT2D eigenvalue weighted by Crippen LogP contribution is 2.74. The van der Waals surface area contributed by atoms with Crippen LogP contribution in [0.2, 0.25) is 0 Å². The summed E-state index contributed by atoms with van der Waals surface area (Å²) in [5.74, 6) is -3.17. The molecule has 0 aromatic carbocycles. The molecule has 0 aromatic rings. The van der Waals surface area contributed by atoms with Crippen molar-refractivity contribution in [1.82, 2.24) is 4.90 Å². The number of carbonyl (C=O) groups excluding carboxylic acids is 3. The van der Waals surface area contributed by atoms with Crippen LogP contribution in [0.1, 0.15) is 106 Å². The van der Waals surface area contributed by atoms with Gasteiger partial charge in [0.1, 0.15) is 6.07 Å². The Morgan fingerprint density at radius 3 is 2.37 bits per heavy atom. The van der Waals surface area contributed by atoms with Gasteiger partial charge in [0, 0.05) is 36.6 Å². The number of nitriles is 1. The molecule has 6 rings (SSSR count). The first kappa shape index (κ1) is 30.7. The minimum atomic E-state index is -2.80. The third-order valence-electron chi connectivity index (χ3n) is 14.1. The average Bonchev–Trinajstić information content (AvgIpc) is 3.30. The van der Waals surface area contributed by atoms with Gasteiger partial charge in [0.2, 0.25) is 5.91 Å². The maximum Gasteiger partial charge on any atom is 0.267 e. The number of amides is 1. The molecule has 8 unspecified atom stereocenters. The SMILES string of the molecule is CC1C(=O)C(C#N)=CC2(C)C3=CC(=O)C4C5CC(C)(C)CCC5(CCC(=O)N5CCC(F)(F)C5)CCC4(C)C3(C)CCC12. The summed E-state index contributed by atoms with van der Waals surface area (Å²) in [4.78, 5) is 42.1. The normalized spacial score (nSPS) is 44.7. The molecule has 0 spiro atoms. The van der Waals surface area contributed by atoms with Crippen molar-refractivity contribution in [1.29, 1.82) is 5.26 Å². The number of rotatable bonds is 3. The van der Waals surface area contributed by atoms with Gasteiger partial charge in [0.15, 0.2) is 11.6 Å². The Kier molecular flexibility index (Phi) is 6.82. The summed E-state index contributed by atoms with van der Waals surface area (Å²) in [6.45, 7) is 13.0. The fourth-order valence-corrected chi connectivity index (χ4v) is 11.3. The molecular formula is C36H48F2N2O3. The molecule has 1 heterocycles. The predicted octanol–water partition coefficient (Wildman–Crippen LogP) is 7.46. The quantitative estimate of drug-likeness (QED) is 0.340. The molecule has 0 radical (unpaired) electrons. The van der Waals surface area contributed by atoms with Crippen LogP contribution >= 0.6 is 0 Å². The first-order valence-electron chi connectivity index (χ1n) is 16.5. The molecule has 8 atom stereocenters. The Morgan fingerprint density at radius 1 is 1.02 bits per heavy atom. The van der Waals surface area contributed by atoms with E-state index in [1.54, 1.807) is 0 Å². The van der Waals surface area contributed by atoms with Gasteiger partial charge in [0.05, 0.1) is 12.1 Å². The smallest absolute Gasteiger partial charge is 0.267 e. The number of hydrogen-bond donors (Lipinski definition) is 0. The second-order valence-corrected chi connectivity index (χ2v) is 16.7. The molecule has 6 aliphatic rings. The van der Waals surface area contributed by atoms with Gasteiger partial charge in [-0.3, -0.25) is 14.4 Å². The average molecular weight is 595 g/mol. The van der Waals surface area contributed by atoms with Crippen molar-refractivity contribution in [2.24, 2.45) is 50.7 Å². The van der Waals surface area contributed by atoms with Crippen LogP contribution in [0.15, 0.2) is 23.3 Å². The number of carbonyl (C=O) groups is 3. The predicted molar refractivity (Wildman–Crippen MR) is 160 cm³/mol. The summed E-state index contributed by atoms with van der Waals surface area (Å²) < 4.78 is 27.8. The van der Waals surface area contributed by atoms with Crippen LogP contribution < -0.4 is 0 Å². The molecule has 0 N–H and O–H groups in total. The van der Waals surface area contributed by atoms with E-state index in [0.717, 1.165) is 50.5 Å². The van der Waals surface area contributed by atoms with Gasteiger partial charge in [-0.25, -0.2) is 8.78 Å². The number of ketones is 2. The van der Waals surface area contributed by atoms with E-state index < -0.39 is 17.9 Å². The van der Waals surface area contributed by atoms with Crippen molar-refractivity contribution in [3.05, 3.63) is 23.3 Å². The second-order valence-electron chi connectivity index (χ2n) is 16.7. The van der Waals surface area contributed by atoms with E-state index in [-0.39, 0.29) is 87.8 Å². The highest BCUT2D eigenvalue weighted by atomic mass is 19.3. The van der Waals surface area contributed by atoms with Gasteiger partial charge in [-0.15, -0.1) is 0 Å². The lowest BCUT2D eigenvalue weighted by atomic mass is 9.34. The van der Waals surface area contributed by atoms with Crippen LogP contribution in [0.5, 0.6) is 0 Å². The summed E-state index contributed by atoms with van der Waals surface area (Å²) in [6.07, 6.45) is 10.9. The third-order valence-corrected chi connectivity index (χ3v) is 14.1. The lowest BCUT2D eigenvalue weighted by molar-refractivity contribution is -0.171. The molecule has 1 aliphatic heterocycles. The van der Waals surface area contributed by atoms with E-state index in [9.17, 15) is 28.4 Å². The Bertz CT molecular complexity index is 1370. The first-order chi connectivity index (χ1) is 19.9. The summed E-state index contributed by atoms with van der Waals surface area (Å²) in [7, 11) is 0. The molecule has 3 saturated carbocycles. The minimum Gasteiger partial charge on any atom is -0.336 e. The Hall–Kier alpha value is -2.36. The molecule has 7 heteroatoms. The highest BCUT2D eigenvalue weighted by Gasteiger charge is 2.68. The molecule has 5 nitrogen and oxygen atoms in total. The standard InChI is InChI=1S/C36H48F2N2O3/c1-22-24-7-9-33(5)27(32(24,4)18-23(20-39)30(22)43)17-26(41)29-25-19-31(2,3)11-13-35(25,14-12-34(29,33)6)10-8-28(42)40-16-15-36(37,38)21-40/h17-18,22,24-25,29H,7-16,19,21H2,1-6H3. The van der Waals surface area contributed by atoms with Crippen LogP contribution in [0.3, 0.4) is 0 Å². The fraction of sp³-hybridized carbons (Fsp3) is 0.778. The number of nitrogens with zero attached hydrogens (tertiary/aromatic N) is 2. The Morgan fingerprint density at radius 2 is 1.72 bits per heavy atom. The van der Waals surface area contributed by atoms with Gasteiger partial charge in [-0.05, 0) is 90.9 Å². The highest BCUT2D eigenvalue weighted by molar-refractivity contribution is 6.02. The van der Waals surface area contributed by atoms with E-state index in [1.165, 1.54) is 4.90 Å². The second kappa shape index (κ2) is 9.57. The van der Waals surface area contributed by atoms with Gasteiger partial charge >= 0.3 is 0 Å². The summed E-state index contributed by atoms with van der Waals surface area (Å²) in [5.41, 5.74) is 0.142. The molecule has 234 valence electrons. The van der Waals surface area contributed by atoms with Gasteiger partial charge in [0.25, 0.3) is 5.92 Å². The van der Waals surface area contributed by atoms with Crippen LogP contribution in [-0.2, 0) is 14.4 Å². The zero-order chi connectivity index (χ0) is 31.4. The third kappa shape index (κ3) is 4.35. The summed E-state index contributed by atoms with van der Waals surface area (Å²) >= 11 is 0. The summed E-state index contributed by atoms with van der Waals surface area (Å²) in [5, 5.41) is 9.84. The van der Waals surface area contributed by atoms with E-state index in [1.807, 2.05) is 19.1 Å². The number of fused-ring (bicyclic) bond motifs is 7. The largest absolute Gasteiger partial charge is 0.336 e. The minimum absolute atomic E-state index is 0.0599. The van der Waals surface area contributed by atoms with Crippen LogP contribution in [0.25, 0.3) is 0 Å². The van der Waals surface area contributed by atoms with Crippen LogP contribution in [0.4, 0.5) is 8.78 Å². The molecule has 1 amide bonds. The summed E-state index contributed by atoms with van der Waals surface area (Å²) in [6, 6.07) is 2.15. The molecule has 0 bridgehead atoms. The van der Waals surface area contributed by atoms with E-state index >= 15 is 0 Å². The zero-order valence-electron chi connectivity index (χ0n) is 26.8. The molecule has 43 heavy (non-hydrogen) atoms. The first-order valence-corrected chi connectivity index (χ1v) is 16.5. The number of Topliss-reactive ketones (excluding diaryl/α,β-unsaturated/α-hetero) is 1. The number of hydrogen-bond acceptors (Lipinski definition) is 4. The van der Waals surface area contributed by atoms with Gasteiger partial charge in [-0.1, -0.05) is 53.2 Å². The number of allylic oxidation sites excluding steroid dienone is 4. The Balaban J connectivity index is 1.38. The van der Waals surface area contributed by atoms with Gasteiger partial charge < -0.3 is 4.90 Å². The van der Waals surface area contributed by atoms with Gasteiger partial charge in [-0.2, -0.15) is 5.26 Å². The molecule has 1 saturated heterocycles. The molecule has 0 aromatic heterocycles. The van der Waals surface area contributed by atoms with Crippen molar-refractivity contribution in [2.45, 2.75) is 112 Å². The number of alkyl halides is 2.